The lowest BCUT2D eigenvalue weighted by Gasteiger charge is -2.30. The number of nitrogens with zero attached hydrogens (tertiary/aromatic N) is 1. The monoisotopic (exact) mass is 383 g/mol. The molecule has 2 aromatic carbocycles. The van der Waals surface area contributed by atoms with Gasteiger partial charge in [-0.15, -0.1) is 0 Å². The topological polar surface area (TPSA) is 62.8 Å². The molecule has 1 aliphatic rings. The van der Waals surface area contributed by atoms with Crippen LogP contribution < -0.4 is 20.3 Å². The zero-order chi connectivity index (χ0) is 19.8. The van der Waals surface area contributed by atoms with Gasteiger partial charge < -0.3 is 25.0 Å². The van der Waals surface area contributed by atoms with Crippen molar-refractivity contribution in [2.75, 3.05) is 48.4 Å². The summed E-state index contributed by atoms with van der Waals surface area (Å²) in [5.41, 5.74) is 2.90. The van der Waals surface area contributed by atoms with Crippen molar-refractivity contribution in [3.8, 4) is 5.75 Å². The molecule has 6 nitrogen and oxygen atoms in total. The molecule has 1 saturated heterocycles. The minimum absolute atomic E-state index is 0.0452. The van der Waals surface area contributed by atoms with Gasteiger partial charge in [0.25, 0.3) is 0 Å². The van der Waals surface area contributed by atoms with Crippen LogP contribution in [0.1, 0.15) is 20.3 Å². The smallest absolute Gasteiger partial charge is 0.226 e. The van der Waals surface area contributed by atoms with E-state index in [1.165, 1.54) is 0 Å². The first-order chi connectivity index (χ1) is 13.6. The van der Waals surface area contributed by atoms with Crippen molar-refractivity contribution in [1.29, 1.82) is 0 Å². The lowest BCUT2D eigenvalue weighted by atomic mass is 10.2. The summed E-state index contributed by atoms with van der Waals surface area (Å²) in [6.07, 6.45) is 0.421. The number of nitrogens with one attached hydrogen (secondary N) is 2. The minimum atomic E-state index is -0.0452. The summed E-state index contributed by atoms with van der Waals surface area (Å²) < 4.78 is 11.2. The van der Waals surface area contributed by atoms with Crippen LogP contribution in [0.5, 0.6) is 5.75 Å². The molecule has 28 heavy (non-hydrogen) atoms. The molecule has 0 unspecified atom stereocenters. The highest BCUT2D eigenvalue weighted by Crippen LogP contribution is 2.27. The first-order valence-electron chi connectivity index (χ1n) is 9.84. The van der Waals surface area contributed by atoms with Crippen LogP contribution >= 0.6 is 0 Å². The standard InChI is InChI=1S/C22H29N3O3/c1-17(2)28-21-10-6-4-8-19(21)24-22(26)11-12-23-18-7-3-5-9-20(18)25-13-15-27-16-14-25/h3-10,17,23H,11-16H2,1-2H3,(H,24,26). The minimum Gasteiger partial charge on any atom is -0.489 e. The van der Waals surface area contributed by atoms with E-state index in [-0.39, 0.29) is 12.0 Å². The van der Waals surface area contributed by atoms with Crippen molar-refractivity contribution in [3.05, 3.63) is 48.5 Å². The maximum absolute atomic E-state index is 12.4. The Balaban J connectivity index is 1.54. The summed E-state index contributed by atoms with van der Waals surface area (Å²) in [5, 5.41) is 6.35. The van der Waals surface area contributed by atoms with E-state index < -0.39 is 0 Å². The van der Waals surface area contributed by atoms with E-state index in [0.717, 1.165) is 37.7 Å². The number of anilines is 3. The Labute approximate surface area is 166 Å². The van der Waals surface area contributed by atoms with E-state index in [0.29, 0.717) is 24.4 Å². The van der Waals surface area contributed by atoms with E-state index in [1.807, 2.05) is 50.2 Å². The summed E-state index contributed by atoms with van der Waals surface area (Å²) in [6.45, 7) is 7.74. The zero-order valence-electron chi connectivity index (χ0n) is 16.6. The Hall–Kier alpha value is -2.73. The molecule has 150 valence electrons. The Bertz CT molecular complexity index is 773. The molecule has 0 spiro atoms. The summed E-state index contributed by atoms with van der Waals surface area (Å²) >= 11 is 0. The normalized spacial score (nSPS) is 14.0. The number of hydrogen-bond acceptors (Lipinski definition) is 5. The molecular weight excluding hydrogens is 354 g/mol. The largest absolute Gasteiger partial charge is 0.489 e. The Kier molecular flexibility index (Phi) is 7.14. The molecule has 0 radical (unpaired) electrons. The summed E-state index contributed by atoms with van der Waals surface area (Å²) in [6, 6.07) is 15.7. The molecule has 1 fully saturated rings. The van der Waals surface area contributed by atoms with Crippen molar-refractivity contribution in [1.82, 2.24) is 0 Å². The predicted molar refractivity (Wildman–Crippen MR) is 113 cm³/mol. The summed E-state index contributed by atoms with van der Waals surface area (Å²) in [5.74, 6) is 0.646. The highest BCUT2D eigenvalue weighted by molar-refractivity contribution is 5.92. The number of amides is 1. The number of benzene rings is 2. The Morgan fingerprint density at radius 3 is 2.50 bits per heavy atom. The van der Waals surface area contributed by atoms with Crippen LogP contribution in [0.3, 0.4) is 0 Å². The molecule has 1 amide bonds. The third kappa shape index (κ3) is 5.63. The molecule has 3 rings (SSSR count). The Morgan fingerprint density at radius 1 is 1.07 bits per heavy atom. The number of hydrogen-bond donors (Lipinski definition) is 2. The molecule has 2 aromatic rings. The van der Waals surface area contributed by atoms with E-state index in [4.69, 9.17) is 9.47 Å². The average molecular weight is 383 g/mol. The molecular formula is C22H29N3O3. The molecule has 0 bridgehead atoms. The predicted octanol–water partition coefficient (Wildman–Crippen LogP) is 3.75. The van der Waals surface area contributed by atoms with Gasteiger partial charge in [-0.25, -0.2) is 0 Å². The zero-order valence-corrected chi connectivity index (χ0v) is 16.6. The number of carbonyl (C=O) groups is 1. The number of para-hydroxylation sites is 4. The lowest BCUT2D eigenvalue weighted by molar-refractivity contribution is -0.116. The average Bonchev–Trinajstić information content (AvgIpc) is 2.70. The van der Waals surface area contributed by atoms with E-state index >= 15 is 0 Å². The second kappa shape index (κ2) is 9.99. The van der Waals surface area contributed by atoms with Crippen molar-refractivity contribution in [2.24, 2.45) is 0 Å². The number of rotatable bonds is 8. The number of carbonyl (C=O) groups excluding carboxylic acids is 1. The summed E-state index contributed by atoms with van der Waals surface area (Å²) in [4.78, 5) is 14.7. The molecule has 0 aliphatic carbocycles. The van der Waals surface area contributed by atoms with E-state index in [9.17, 15) is 4.79 Å². The second-order valence-electron chi connectivity index (χ2n) is 7.00. The molecule has 2 N–H and O–H groups in total. The van der Waals surface area contributed by atoms with Gasteiger partial charge in [0.1, 0.15) is 5.75 Å². The SMILES string of the molecule is CC(C)Oc1ccccc1NC(=O)CCNc1ccccc1N1CCOCC1. The van der Waals surface area contributed by atoms with Crippen molar-refractivity contribution in [3.63, 3.8) is 0 Å². The highest BCUT2D eigenvalue weighted by Gasteiger charge is 2.14. The van der Waals surface area contributed by atoms with Crippen LogP contribution in [0, 0.1) is 0 Å². The van der Waals surface area contributed by atoms with Gasteiger partial charge in [0.2, 0.25) is 5.91 Å². The fourth-order valence-corrected chi connectivity index (χ4v) is 3.15. The fraction of sp³-hybridized carbons (Fsp3) is 0.409. The van der Waals surface area contributed by atoms with E-state index in [1.54, 1.807) is 0 Å². The van der Waals surface area contributed by atoms with Crippen LogP contribution in [0.2, 0.25) is 0 Å². The van der Waals surface area contributed by atoms with Crippen LogP contribution in [0.4, 0.5) is 17.1 Å². The number of ether oxygens (including phenoxy) is 2. The lowest BCUT2D eigenvalue weighted by Crippen LogP contribution is -2.36. The van der Waals surface area contributed by atoms with Gasteiger partial charge in [0.05, 0.1) is 36.4 Å². The van der Waals surface area contributed by atoms with Gasteiger partial charge in [-0.2, -0.15) is 0 Å². The second-order valence-corrected chi connectivity index (χ2v) is 7.00. The van der Waals surface area contributed by atoms with Crippen molar-refractivity contribution in [2.45, 2.75) is 26.4 Å². The molecule has 1 heterocycles. The van der Waals surface area contributed by atoms with Gasteiger partial charge in [0.15, 0.2) is 0 Å². The summed E-state index contributed by atoms with van der Waals surface area (Å²) in [7, 11) is 0. The van der Waals surface area contributed by atoms with Gasteiger partial charge >= 0.3 is 0 Å². The third-order valence-electron chi connectivity index (χ3n) is 4.45. The van der Waals surface area contributed by atoms with Crippen molar-refractivity contribution >= 4 is 23.0 Å². The van der Waals surface area contributed by atoms with Crippen LogP contribution in [-0.2, 0) is 9.53 Å². The van der Waals surface area contributed by atoms with Crippen LogP contribution in [-0.4, -0.2) is 44.9 Å². The van der Waals surface area contributed by atoms with Gasteiger partial charge in [-0.05, 0) is 38.1 Å². The van der Waals surface area contributed by atoms with Gasteiger partial charge in [-0.3, -0.25) is 4.79 Å². The molecule has 0 atom stereocenters. The van der Waals surface area contributed by atoms with Gasteiger partial charge in [0, 0.05) is 26.1 Å². The quantitative estimate of drug-likeness (QED) is 0.727. The molecule has 6 heteroatoms. The fourth-order valence-electron chi connectivity index (χ4n) is 3.15. The van der Waals surface area contributed by atoms with Crippen molar-refractivity contribution < 1.29 is 14.3 Å². The van der Waals surface area contributed by atoms with Crippen LogP contribution in [0.15, 0.2) is 48.5 Å². The van der Waals surface area contributed by atoms with E-state index in [2.05, 4.69) is 27.7 Å². The third-order valence-corrected chi connectivity index (χ3v) is 4.45. The molecule has 1 aliphatic heterocycles. The Morgan fingerprint density at radius 2 is 1.75 bits per heavy atom. The first-order valence-corrected chi connectivity index (χ1v) is 9.84. The van der Waals surface area contributed by atoms with Gasteiger partial charge in [-0.1, -0.05) is 24.3 Å². The number of morpholine rings is 1. The maximum atomic E-state index is 12.4. The maximum Gasteiger partial charge on any atom is 0.226 e. The molecule has 0 aromatic heterocycles. The van der Waals surface area contributed by atoms with Crippen LogP contribution in [0.25, 0.3) is 0 Å². The first kappa shape index (κ1) is 20.0. The highest BCUT2D eigenvalue weighted by atomic mass is 16.5. The molecule has 0 saturated carbocycles.